The van der Waals surface area contributed by atoms with Crippen LogP contribution >= 0.6 is 24.0 Å². The van der Waals surface area contributed by atoms with E-state index >= 15 is 0 Å². The van der Waals surface area contributed by atoms with Gasteiger partial charge in [0.15, 0.2) is 12.4 Å². The van der Waals surface area contributed by atoms with Crippen molar-refractivity contribution in [2.45, 2.75) is 58.4 Å². The Morgan fingerprint density at radius 1 is 1.06 bits per heavy atom. The molecular weight excluding hydrogens is 519 g/mol. The fourth-order valence-corrected chi connectivity index (χ4v) is 3.17. The van der Waals surface area contributed by atoms with Gasteiger partial charge in [0.05, 0.1) is 5.69 Å². The lowest BCUT2D eigenvalue weighted by molar-refractivity contribution is -0.697. The van der Waals surface area contributed by atoms with Crippen LogP contribution in [-0.2, 0) is 24.2 Å². The lowest BCUT2D eigenvalue weighted by Gasteiger charge is -2.15. The number of hydrazine groups is 1. The summed E-state index contributed by atoms with van der Waals surface area (Å²) in [7, 11) is 0. The average molecular weight is 554 g/mol. The van der Waals surface area contributed by atoms with Crippen molar-refractivity contribution in [3.05, 3.63) is 59.9 Å². The van der Waals surface area contributed by atoms with Crippen LogP contribution in [0.15, 0.2) is 53.8 Å². The van der Waals surface area contributed by atoms with Gasteiger partial charge in [-0.25, -0.2) is 4.57 Å². The summed E-state index contributed by atoms with van der Waals surface area (Å²) < 4.78 is 2.23. The van der Waals surface area contributed by atoms with Gasteiger partial charge < -0.3 is 10.2 Å². The molecule has 0 unspecified atom stereocenters. The van der Waals surface area contributed by atoms with Crippen molar-refractivity contribution in [1.82, 2.24) is 5.43 Å². The predicted octanol–water partition coefficient (Wildman–Crippen LogP) is 2.54. The molecular formula is C24H35IN4O3. The SMILES string of the molecule is CCCCCC[n+]1ccc(CCc2ccccc2NNC(=O)C([O-])=NCCCO)cc1.I. The summed E-state index contributed by atoms with van der Waals surface area (Å²) in [6.07, 6.45) is 11.3. The molecule has 0 aliphatic heterocycles. The third-order valence-electron chi connectivity index (χ3n) is 5.01. The van der Waals surface area contributed by atoms with E-state index in [9.17, 15) is 9.90 Å². The highest BCUT2D eigenvalue weighted by molar-refractivity contribution is 14.0. The predicted molar refractivity (Wildman–Crippen MR) is 136 cm³/mol. The molecule has 1 aromatic carbocycles. The molecule has 0 saturated carbocycles. The normalized spacial score (nSPS) is 11.0. The number of nitrogens with zero attached hydrogens (tertiary/aromatic N) is 2. The second-order valence-electron chi connectivity index (χ2n) is 7.51. The second kappa shape index (κ2) is 16.4. The van der Waals surface area contributed by atoms with Gasteiger partial charge in [-0.3, -0.25) is 20.6 Å². The van der Waals surface area contributed by atoms with Crippen LogP contribution in [0.2, 0.25) is 0 Å². The van der Waals surface area contributed by atoms with Crippen molar-refractivity contribution in [3.63, 3.8) is 0 Å². The Morgan fingerprint density at radius 2 is 1.81 bits per heavy atom. The maximum Gasteiger partial charge on any atom is 0.272 e. The molecule has 0 radical (unpaired) electrons. The minimum atomic E-state index is -0.856. The molecule has 0 aliphatic carbocycles. The van der Waals surface area contributed by atoms with Gasteiger partial charge in [-0.1, -0.05) is 38.0 Å². The second-order valence-corrected chi connectivity index (χ2v) is 7.51. The standard InChI is InChI=1S/C24H34N4O3.HI/c1-2-3-4-7-16-28-17-13-20(14-18-28)11-12-21-9-5-6-10-22(21)26-27-24(31)23(30)25-15-8-19-29;/h5-6,9-10,13-14,17-18,29H,2-4,7-8,11-12,15-16,19H2,1H3,(H2-,25,26,27,30,31);1H. The van der Waals surface area contributed by atoms with Gasteiger partial charge >= 0.3 is 0 Å². The molecule has 2 aromatic rings. The highest BCUT2D eigenvalue weighted by Gasteiger charge is 2.06. The molecule has 2 rings (SSSR count). The summed E-state index contributed by atoms with van der Waals surface area (Å²) in [4.78, 5) is 15.5. The Bertz CT molecular complexity index is 828. The van der Waals surface area contributed by atoms with E-state index in [1.807, 2.05) is 24.3 Å². The number of para-hydroxylation sites is 1. The van der Waals surface area contributed by atoms with E-state index in [2.05, 4.69) is 51.9 Å². The van der Waals surface area contributed by atoms with E-state index in [4.69, 9.17) is 5.11 Å². The van der Waals surface area contributed by atoms with Crippen molar-refractivity contribution in [1.29, 1.82) is 0 Å². The number of anilines is 1. The first kappa shape index (κ1) is 27.8. The summed E-state index contributed by atoms with van der Waals surface area (Å²) >= 11 is 0. The molecule has 3 N–H and O–H groups in total. The zero-order valence-electron chi connectivity index (χ0n) is 18.8. The van der Waals surface area contributed by atoms with Crippen LogP contribution in [0.3, 0.4) is 0 Å². The molecule has 8 heteroatoms. The van der Waals surface area contributed by atoms with E-state index in [0.717, 1.165) is 30.6 Å². The van der Waals surface area contributed by atoms with Crippen LogP contribution in [0.1, 0.15) is 50.2 Å². The van der Waals surface area contributed by atoms with Crippen LogP contribution in [-0.4, -0.2) is 30.1 Å². The van der Waals surface area contributed by atoms with E-state index in [1.165, 1.54) is 31.2 Å². The number of unbranched alkanes of at least 4 members (excludes halogenated alkanes) is 3. The number of aliphatic hydroxyl groups is 1. The van der Waals surface area contributed by atoms with Crippen LogP contribution in [0, 0.1) is 0 Å². The monoisotopic (exact) mass is 554 g/mol. The number of carbonyl (C=O) groups excluding carboxylic acids is 1. The molecule has 32 heavy (non-hydrogen) atoms. The molecule has 0 aliphatic rings. The third kappa shape index (κ3) is 10.4. The smallest absolute Gasteiger partial charge is 0.272 e. The van der Waals surface area contributed by atoms with Gasteiger partial charge in [0, 0.05) is 37.6 Å². The Morgan fingerprint density at radius 3 is 2.53 bits per heavy atom. The van der Waals surface area contributed by atoms with Crippen molar-refractivity contribution >= 4 is 41.5 Å². The van der Waals surface area contributed by atoms with Crippen molar-refractivity contribution in [2.75, 3.05) is 18.6 Å². The number of rotatable bonds is 13. The number of benzene rings is 1. The quantitative estimate of drug-likeness (QED) is 0.0885. The number of amides is 1. The van der Waals surface area contributed by atoms with E-state index in [-0.39, 0.29) is 37.1 Å². The fourth-order valence-electron chi connectivity index (χ4n) is 3.17. The Balaban J connectivity index is 0.00000512. The van der Waals surface area contributed by atoms with Gasteiger partial charge in [0.1, 0.15) is 6.54 Å². The number of aryl methyl sites for hydroxylation is 3. The highest BCUT2D eigenvalue weighted by atomic mass is 127. The fraction of sp³-hybridized carbons (Fsp3) is 0.458. The number of carbonyl (C=O) groups is 1. The summed E-state index contributed by atoms with van der Waals surface area (Å²) in [5.41, 5.74) is 8.28. The summed E-state index contributed by atoms with van der Waals surface area (Å²) in [5, 5.41) is 20.4. The van der Waals surface area contributed by atoms with Crippen LogP contribution < -0.4 is 20.5 Å². The van der Waals surface area contributed by atoms with E-state index in [1.54, 1.807) is 0 Å². The summed E-state index contributed by atoms with van der Waals surface area (Å²) in [6, 6.07) is 12.0. The van der Waals surface area contributed by atoms with Crippen LogP contribution in [0.25, 0.3) is 0 Å². The maximum absolute atomic E-state index is 11.9. The van der Waals surface area contributed by atoms with Crippen LogP contribution in [0.4, 0.5) is 5.69 Å². The molecule has 0 saturated heterocycles. The molecule has 1 aromatic heterocycles. The summed E-state index contributed by atoms with van der Waals surface area (Å²) in [5.74, 6) is -1.68. The minimum absolute atomic E-state index is 0. The summed E-state index contributed by atoms with van der Waals surface area (Å²) in [6.45, 7) is 3.34. The number of aliphatic imine (C=N–C) groups is 1. The van der Waals surface area contributed by atoms with Crippen LogP contribution in [0.5, 0.6) is 0 Å². The lowest BCUT2D eigenvalue weighted by Crippen LogP contribution is -2.42. The third-order valence-corrected chi connectivity index (χ3v) is 5.01. The van der Waals surface area contributed by atoms with E-state index < -0.39 is 11.8 Å². The van der Waals surface area contributed by atoms with Gasteiger partial charge in [-0.2, -0.15) is 0 Å². The van der Waals surface area contributed by atoms with Gasteiger partial charge in [-0.15, -0.1) is 24.0 Å². The number of aliphatic hydroxyl groups excluding tert-OH is 1. The molecule has 0 atom stereocenters. The molecule has 0 fully saturated rings. The Kier molecular flexibility index (Phi) is 14.3. The molecule has 0 spiro atoms. The number of halogens is 1. The van der Waals surface area contributed by atoms with Crippen molar-refractivity contribution < 1.29 is 19.6 Å². The number of aromatic nitrogens is 1. The van der Waals surface area contributed by atoms with Gasteiger partial charge in [0.25, 0.3) is 5.91 Å². The maximum atomic E-state index is 11.9. The number of hydrogen-bond acceptors (Lipinski definition) is 5. The van der Waals surface area contributed by atoms with Crippen molar-refractivity contribution in [3.8, 4) is 0 Å². The topological polar surface area (TPSA) is 101 Å². The number of nitrogens with one attached hydrogen (secondary N) is 2. The van der Waals surface area contributed by atoms with Gasteiger partial charge in [-0.05, 0) is 42.9 Å². The number of pyridine rings is 1. The zero-order valence-corrected chi connectivity index (χ0v) is 21.1. The Labute approximate surface area is 208 Å². The molecule has 7 nitrogen and oxygen atoms in total. The molecule has 1 heterocycles. The first-order valence-corrected chi connectivity index (χ1v) is 11.1. The van der Waals surface area contributed by atoms with E-state index in [0.29, 0.717) is 6.42 Å². The molecule has 176 valence electrons. The Hall–Kier alpha value is -2.20. The molecule has 0 bridgehead atoms. The first-order valence-electron chi connectivity index (χ1n) is 11.1. The lowest BCUT2D eigenvalue weighted by atomic mass is 10.0. The number of hydrogen-bond donors (Lipinski definition) is 3. The zero-order chi connectivity index (χ0) is 22.3. The van der Waals surface area contributed by atoms with Crippen molar-refractivity contribution in [2.24, 2.45) is 4.99 Å². The minimum Gasteiger partial charge on any atom is -0.855 e. The highest BCUT2D eigenvalue weighted by Crippen LogP contribution is 2.16. The average Bonchev–Trinajstić information content (AvgIpc) is 2.80. The van der Waals surface area contributed by atoms with Gasteiger partial charge in [0.2, 0.25) is 0 Å². The molecule has 1 amide bonds. The largest absolute Gasteiger partial charge is 0.855 e. The first-order chi connectivity index (χ1) is 15.1.